The summed E-state index contributed by atoms with van der Waals surface area (Å²) in [5.41, 5.74) is 1.94. The number of aliphatic hydroxyl groups excluding tert-OH is 1. The van der Waals surface area contributed by atoms with Gasteiger partial charge in [0.25, 0.3) is 0 Å². The molecular formula is C15H22O2. The van der Waals surface area contributed by atoms with Gasteiger partial charge in [-0.2, -0.15) is 0 Å². The Bertz CT molecular complexity index is 352. The van der Waals surface area contributed by atoms with E-state index in [2.05, 4.69) is 20.4 Å². The van der Waals surface area contributed by atoms with Gasteiger partial charge in [-0.1, -0.05) is 32.6 Å². The van der Waals surface area contributed by atoms with Gasteiger partial charge in [0.1, 0.15) is 12.4 Å². The van der Waals surface area contributed by atoms with Gasteiger partial charge in [0.2, 0.25) is 0 Å². The molecule has 1 rings (SSSR count). The molecule has 0 radical (unpaired) electrons. The fraction of sp³-hybridized carbons (Fsp3) is 0.467. The quantitative estimate of drug-likeness (QED) is 0.760. The number of aliphatic hydroxyl groups is 1. The molecule has 0 aliphatic rings. The maximum atomic E-state index is 9.95. The Morgan fingerprint density at radius 1 is 1.29 bits per heavy atom. The van der Waals surface area contributed by atoms with E-state index in [1.807, 2.05) is 31.2 Å². The average molecular weight is 234 g/mol. The molecule has 0 aliphatic carbocycles. The molecular weight excluding hydrogens is 212 g/mol. The largest absolute Gasteiger partial charge is 0.489 e. The summed E-state index contributed by atoms with van der Waals surface area (Å²) >= 11 is 0. The summed E-state index contributed by atoms with van der Waals surface area (Å²) in [5.74, 6) is 1.30. The van der Waals surface area contributed by atoms with E-state index >= 15 is 0 Å². The van der Waals surface area contributed by atoms with E-state index in [1.165, 1.54) is 0 Å². The molecule has 94 valence electrons. The second-order valence-electron chi connectivity index (χ2n) is 4.96. The Hall–Kier alpha value is -1.28. The number of hydrogen-bond donors (Lipinski definition) is 1. The van der Waals surface area contributed by atoms with Gasteiger partial charge in [-0.3, -0.25) is 0 Å². The van der Waals surface area contributed by atoms with Gasteiger partial charge in [0.15, 0.2) is 0 Å². The molecule has 0 bridgehead atoms. The topological polar surface area (TPSA) is 29.5 Å². The molecule has 1 unspecified atom stereocenters. The molecule has 1 atom stereocenters. The lowest BCUT2D eigenvalue weighted by molar-refractivity contribution is 0.151. The first-order valence-electron chi connectivity index (χ1n) is 6.04. The third-order valence-electron chi connectivity index (χ3n) is 2.44. The minimum atomic E-state index is -0.384. The second kappa shape index (κ2) is 6.45. The third-order valence-corrected chi connectivity index (χ3v) is 2.44. The third kappa shape index (κ3) is 5.05. The van der Waals surface area contributed by atoms with E-state index in [0.29, 0.717) is 12.5 Å². The minimum absolute atomic E-state index is 0.384. The molecule has 0 spiro atoms. The van der Waals surface area contributed by atoms with Crippen molar-refractivity contribution in [3.8, 4) is 5.75 Å². The van der Waals surface area contributed by atoms with Crippen LogP contribution in [-0.4, -0.2) is 11.7 Å². The van der Waals surface area contributed by atoms with Gasteiger partial charge in [-0.25, -0.2) is 0 Å². The van der Waals surface area contributed by atoms with Gasteiger partial charge in [-0.05, 0) is 42.5 Å². The number of rotatable bonds is 6. The highest BCUT2D eigenvalue weighted by molar-refractivity contribution is 5.28. The lowest BCUT2D eigenvalue weighted by Gasteiger charge is -2.14. The minimum Gasteiger partial charge on any atom is -0.489 e. The first-order chi connectivity index (χ1) is 7.99. The van der Waals surface area contributed by atoms with Gasteiger partial charge in [0.05, 0.1) is 6.10 Å². The van der Waals surface area contributed by atoms with Crippen LogP contribution in [0.1, 0.15) is 38.9 Å². The normalized spacial score (nSPS) is 12.5. The van der Waals surface area contributed by atoms with E-state index in [1.54, 1.807) is 0 Å². The number of benzene rings is 1. The molecule has 1 N–H and O–H groups in total. The van der Waals surface area contributed by atoms with Crippen LogP contribution < -0.4 is 4.74 Å². The van der Waals surface area contributed by atoms with Crippen LogP contribution in [0.5, 0.6) is 5.75 Å². The van der Waals surface area contributed by atoms with Crippen LogP contribution in [0.25, 0.3) is 0 Å². The Morgan fingerprint density at radius 3 is 2.35 bits per heavy atom. The SMILES string of the molecule is C=C(C)COc1ccc(C(O)CC(C)C)cc1. The van der Waals surface area contributed by atoms with Gasteiger partial charge >= 0.3 is 0 Å². The summed E-state index contributed by atoms with van der Waals surface area (Å²) in [6.07, 6.45) is 0.400. The Morgan fingerprint density at radius 2 is 1.88 bits per heavy atom. The zero-order valence-electron chi connectivity index (χ0n) is 10.9. The fourth-order valence-electron chi connectivity index (χ4n) is 1.58. The molecule has 0 saturated carbocycles. The van der Waals surface area contributed by atoms with Crippen molar-refractivity contribution in [1.29, 1.82) is 0 Å². The molecule has 0 aliphatic heterocycles. The van der Waals surface area contributed by atoms with E-state index in [-0.39, 0.29) is 6.10 Å². The first kappa shape index (κ1) is 13.8. The Balaban J connectivity index is 2.58. The van der Waals surface area contributed by atoms with E-state index in [0.717, 1.165) is 23.3 Å². The maximum Gasteiger partial charge on any atom is 0.119 e. The first-order valence-corrected chi connectivity index (χ1v) is 6.04. The van der Waals surface area contributed by atoms with Crippen LogP contribution >= 0.6 is 0 Å². The van der Waals surface area contributed by atoms with Crippen LogP contribution in [0.15, 0.2) is 36.4 Å². The van der Waals surface area contributed by atoms with E-state index in [4.69, 9.17) is 4.74 Å². The number of ether oxygens (including phenoxy) is 1. The second-order valence-corrected chi connectivity index (χ2v) is 4.96. The lowest BCUT2D eigenvalue weighted by atomic mass is 10.00. The molecule has 0 saturated heterocycles. The van der Waals surface area contributed by atoms with Crippen molar-refractivity contribution in [3.63, 3.8) is 0 Å². The van der Waals surface area contributed by atoms with Crippen molar-refractivity contribution < 1.29 is 9.84 Å². The van der Waals surface area contributed by atoms with E-state index < -0.39 is 0 Å². The van der Waals surface area contributed by atoms with Crippen molar-refractivity contribution in [3.05, 3.63) is 42.0 Å². The molecule has 2 heteroatoms. The smallest absolute Gasteiger partial charge is 0.119 e. The highest BCUT2D eigenvalue weighted by Crippen LogP contribution is 2.23. The molecule has 17 heavy (non-hydrogen) atoms. The summed E-state index contributed by atoms with van der Waals surface area (Å²) in [7, 11) is 0. The molecule has 1 aromatic rings. The molecule has 0 aromatic heterocycles. The van der Waals surface area contributed by atoms with Crippen LogP contribution in [0, 0.1) is 5.92 Å². The van der Waals surface area contributed by atoms with Crippen molar-refractivity contribution in [2.45, 2.75) is 33.3 Å². The fourth-order valence-corrected chi connectivity index (χ4v) is 1.58. The summed E-state index contributed by atoms with van der Waals surface area (Å²) in [6, 6.07) is 7.62. The highest BCUT2D eigenvalue weighted by atomic mass is 16.5. The Labute approximate surface area is 104 Å². The summed E-state index contributed by atoms with van der Waals surface area (Å²) in [4.78, 5) is 0. The van der Waals surface area contributed by atoms with Crippen LogP contribution in [-0.2, 0) is 0 Å². The molecule has 1 aromatic carbocycles. The van der Waals surface area contributed by atoms with Gasteiger partial charge < -0.3 is 9.84 Å². The van der Waals surface area contributed by atoms with Crippen LogP contribution in [0.2, 0.25) is 0 Å². The highest BCUT2D eigenvalue weighted by Gasteiger charge is 2.09. The summed E-state index contributed by atoms with van der Waals surface area (Å²) in [5, 5.41) is 9.95. The van der Waals surface area contributed by atoms with Crippen molar-refractivity contribution in [2.24, 2.45) is 5.92 Å². The predicted molar refractivity (Wildman–Crippen MR) is 71.2 cm³/mol. The Kier molecular flexibility index (Phi) is 5.23. The van der Waals surface area contributed by atoms with Crippen molar-refractivity contribution in [2.75, 3.05) is 6.61 Å². The van der Waals surface area contributed by atoms with Crippen molar-refractivity contribution >= 4 is 0 Å². The van der Waals surface area contributed by atoms with E-state index in [9.17, 15) is 5.11 Å². The molecule has 0 heterocycles. The van der Waals surface area contributed by atoms with Crippen LogP contribution in [0.4, 0.5) is 0 Å². The molecule has 2 nitrogen and oxygen atoms in total. The maximum absolute atomic E-state index is 9.95. The average Bonchev–Trinajstić information content (AvgIpc) is 2.26. The van der Waals surface area contributed by atoms with Crippen LogP contribution in [0.3, 0.4) is 0 Å². The monoisotopic (exact) mass is 234 g/mol. The standard InChI is InChI=1S/C15H22O2/c1-11(2)9-15(16)13-5-7-14(8-6-13)17-10-12(3)4/h5-8,11,15-16H,3,9-10H2,1-2,4H3. The van der Waals surface area contributed by atoms with Gasteiger partial charge in [0, 0.05) is 0 Å². The lowest BCUT2D eigenvalue weighted by Crippen LogP contribution is -2.02. The summed E-state index contributed by atoms with van der Waals surface area (Å²) in [6.45, 7) is 10.5. The zero-order chi connectivity index (χ0) is 12.8. The zero-order valence-corrected chi connectivity index (χ0v) is 10.9. The molecule has 0 fully saturated rings. The van der Waals surface area contributed by atoms with Gasteiger partial charge in [-0.15, -0.1) is 0 Å². The predicted octanol–water partition coefficient (Wildman–Crippen LogP) is 3.72. The van der Waals surface area contributed by atoms with Crippen molar-refractivity contribution in [1.82, 2.24) is 0 Å². The number of hydrogen-bond acceptors (Lipinski definition) is 2. The molecule has 0 amide bonds. The summed E-state index contributed by atoms with van der Waals surface area (Å²) < 4.78 is 5.50.